The highest BCUT2D eigenvalue weighted by Crippen LogP contribution is 2.32. The van der Waals surface area contributed by atoms with Crippen LogP contribution in [0.5, 0.6) is 0 Å². The van der Waals surface area contributed by atoms with Crippen LogP contribution in [0.2, 0.25) is 0 Å². The molecule has 1 aromatic carbocycles. The van der Waals surface area contributed by atoms with E-state index in [0.29, 0.717) is 5.56 Å². The summed E-state index contributed by atoms with van der Waals surface area (Å²) in [5, 5.41) is 9.95. The molecule has 18 heavy (non-hydrogen) atoms. The number of thiazole rings is 1. The predicted octanol–water partition coefficient (Wildman–Crippen LogP) is 3.39. The molecule has 4 heteroatoms. The van der Waals surface area contributed by atoms with Gasteiger partial charge in [0.2, 0.25) is 0 Å². The molecule has 0 unspecified atom stereocenters. The SMILES string of the molecule is O=C(O)c1cccc(-c2nc3c(s2)CCCC3)c1. The van der Waals surface area contributed by atoms with Crippen LogP contribution in [-0.2, 0) is 12.8 Å². The van der Waals surface area contributed by atoms with E-state index in [0.717, 1.165) is 23.4 Å². The number of hydrogen-bond donors (Lipinski definition) is 1. The lowest BCUT2D eigenvalue weighted by Gasteiger charge is -2.06. The molecule has 0 fully saturated rings. The zero-order valence-corrected chi connectivity index (χ0v) is 10.7. The van der Waals surface area contributed by atoms with Gasteiger partial charge in [-0.1, -0.05) is 12.1 Å². The molecule has 0 saturated carbocycles. The van der Waals surface area contributed by atoms with Crippen LogP contribution in [0.15, 0.2) is 24.3 Å². The zero-order chi connectivity index (χ0) is 12.5. The van der Waals surface area contributed by atoms with Crippen molar-refractivity contribution in [3.8, 4) is 10.6 Å². The maximum atomic E-state index is 11.0. The molecule has 0 amide bonds. The normalized spacial score (nSPS) is 14.2. The second kappa shape index (κ2) is 4.53. The molecule has 3 nitrogen and oxygen atoms in total. The Balaban J connectivity index is 2.01. The molecule has 0 atom stereocenters. The first-order valence-electron chi connectivity index (χ1n) is 6.06. The minimum Gasteiger partial charge on any atom is -0.478 e. The second-order valence-electron chi connectivity index (χ2n) is 4.48. The summed E-state index contributed by atoms with van der Waals surface area (Å²) in [4.78, 5) is 17.0. The standard InChI is InChI=1S/C14H13NO2S/c16-14(17)10-5-3-4-9(8-10)13-15-11-6-1-2-7-12(11)18-13/h3-5,8H,1-2,6-7H2,(H,16,17). The molecule has 2 aromatic rings. The van der Waals surface area contributed by atoms with Gasteiger partial charge in [-0.3, -0.25) is 0 Å². The van der Waals surface area contributed by atoms with Gasteiger partial charge < -0.3 is 5.11 Å². The van der Waals surface area contributed by atoms with Crippen LogP contribution in [0, 0.1) is 0 Å². The lowest BCUT2D eigenvalue weighted by atomic mass is 10.0. The van der Waals surface area contributed by atoms with Gasteiger partial charge in [-0.25, -0.2) is 9.78 Å². The van der Waals surface area contributed by atoms with Gasteiger partial charge >= 0.3 is 5.97 Å². The summed E-state index contributed by atoms with van der Waals surface area (Å²) < 4.78 is 0. The van der Waals surface area contributed by atoms with Gasteiger partial charge in [-0.15, -0.1) is 11.3 Å². The fourth-order valence-corrected chi connectivity index (χ4v) is 3.41. The maximum absolute atomic E-state index is 11.0. The summed E-state index contributed by atoms with van der Waals surface area (Å²) >= 11 is 1.70. The first-order chi connectivity index (χ1) is 8.74. The minimum absolute atomic E-state index is 0.320. The van der Waals surface area contributed by atoms with E-state index in [4.69, 9.17) is 5.11 Å². The first kappa shape index (κ1) is 11.4. The van der Waals surface area contributed by atoms with Gasteiger partial charge in [0.25, 0.3) is 0 Å². The van der Waals surface area contributed by atoms with Gasteiger partial charge in [0, 0.05) is 10.4 Å². The second-order valence-corrected chi connectivity index (χ2v) is 5.57. The van der Waals surface area contributed by atoms with Crippen molar-refractivity contribution in [3.63, 3.8) is 0 Å². The van der Waals surface area contributed by atoms with Gasteiger partial charge in [-0.05, 0) is 37.8 Å². The molecular formula is C14H13NO2S. The average Bonchev–Trinajstić information content (AvgIpc) is 2.82. The molecule has 0 radical (unpaired) electrons. The van der Waals surface area contributed by atoms with Crippen LogP contribution in [0.3, 0.4) is 0 Å². The topological polar surface area (TPSA) is 50.2 Å². The Morgan fingerprint density at radius 3 is 2.89 bits per heavy atom. The van der Waals surface area contributed by atoms with E-state index in [2.05, 4.69) is 4.98 Å². The quantitative estimate of drug-likeness (QED) is 0.899. The third-order valence-electron chi connectivity index (χ3n) is 3.20. The number of aromatic carboxylic acids is 1. The van der Waals surface area contributed by atoms with Gasteiger partial charge in [0.1, 0.15) is 5.01 Å². The molecule has 0 aliphatic heterocycles. The van der Waals surface area contributed by atoms with E-state index in [1.807, 2.05) is 6.07 Å². The van der Waals surface area contributed by atoms with Crippen LogP contribution >= 0.6 is 11.3 Å². The number of fused-ring (bicyclic) bond motifs is 1. The van der Waals surface area contributed by atoms with Crippen molar-refractivity contribution in [1.82, 2.24) is 4.98 Å². The van der Waals surface area contributed by atoms with Crippen LogP contribution in [0.1, 0.15) is 33.8 Å². The zero-order valence-electron chi connectivity index (χ0n) is 9.85. The molecule has 0 spiro atoms. The molecule has 3 rings (SSSR count). The molecule has 0 bridgehead atoms. The number of carbonyl (C=O) groups is 1. The van der Waals surface area contributed by atoms with E-state index in [-0.39, 0.29) is 0 Å². The monoisotopic (exact) mass is 259 g/mol. The number of carboxylic acids is 1. The Kier molecular flexibility index (Phi) is 2.88. The molecule has 1 N–H and O–H groups in total. The Morgan fingerprint density at radius 2 is 2.11 bits per heavy atom. The highest BCUT2D eigenvalue weighted by Gasteiger charge is 2.16. The molecule has 0 saturated heterocycles. The van der Waals surface area contributed by atoms with Crippen molar-refractivity contribution in [2.75, 3.05) is 0 Å². The Morgan fingerprint density at radius 1 is 1.28 bits per heavy atom. The fraction of sp³-hybridized carbons (Fsp3) is 0.286. The van der Waals surface area contributed by atoms with Gasteiger partial charge in [-0.2, -0.15) is 0 Å². The van der Waals surface area contributed by atoms with Crippen molar-refractivity contribution < 1.29 is 9.90 Å². The maximum Gasteiger partial charge on any atom is 0.335 e. The molecule has 92 valence electrons. The van der Waals surface area contributed by atoms with E-state index >= 15 is 0 Å². The van der Waals surface area contributed by atoms with Crippen molar-refractivity contribution in [1.29, 1.82) is 0 Å². The Hall–Kier alpha value is -1.68. The molecule has 1 heterocycles. The third-order valence-corrected chi connectivity index (χ3v) is 4.41. The highest BCUT2D eigenvalue weighted by molar-refractivity contribution is 7.15. The van der Waals surface area contributed by atoms with Gasteiger partial charge in [0.05, 0.1) is 11.3 Å². The number of carboxylic acid groups (broad SMARTS) is 1. The number of nitrogens with zero attached hydrogens (tertiary/aromatic N) is 1. The fourth-order valence-electron chi connectivity index (χ4n) is 2.26. The highest BCUT2D eigenvalue weighted by atomic mass is 32.1. The lowest BCUT2D eigenvalue weighted by molar-refractivity contribution is 0.0697. The van der Waals surface area contributed by atoms with Crippen molar-refractivity contribution >= 4 is 17.3 Å². The largest absolute Gasteiger partial charge is 0.478 e. The van der Waals surface area contributed by atoms with Crippen LogP contribution in [0.25, 0.3) is 10.6 Å². The summed E-state index contributed by atoms with van der Waals surface area (Å²) in [5.74, 6) is -0.891. The molecule has 1 aromatic heterocycles. The third kappa shape index (κ3) is 2.04. The van der Waals surface area contributed by atoms with Gasteiger partial charge in [0.15, 0.2) is 0 Å². The molecular weight excluding hydrogens is 246 g/mol. The van der Waals surface area contributed by atoms with E-state index in [1.54, 1.807) is 29.5 Å². The molecule has 1 aliphatic carbocycles. The predicted molar refractivity (Wildman–Crippen MR) is 71.2 cm³/mol. The van der Waals surface area contributed by atoms with Crippen molar-refractivity contribution in [2.24, 2.45) is 0 Å². The molecule has 1 aliphatic rings. The smallest absolute Gasteiger partial charge is 0.335 e. The van der Waals surface area contributed by atoms with E-state index in [9.17, 15) is 4.79 Å². The number of benzene rings is 1. The summed E-state index contributed by atoms with van der Waals surface area (Å²) in [6.45, 7) is 0. The number of rotatable bonds is 2. The summed E-state index contributed by atoms with van der Waals surface area (Å²) in [5.41, 5.74) is 2.44. The summed E-state index contributed by atoms with van der Waals surface area (Å²) in [7, 11) is 0. The average molecular weight is 259 g/mol. The summed E-state index contributed by atoms with van der Waals surface area (Å²) in [6.07, 6.45) is 4.63. The van der Waals surface area contributed by atoms with Crippen molar-refractivity contribution in [2.45, 2.75) is 25.7 Å². The Bertz CT molecular complexity index is 580. The van der Waals surface area contributed by atoms with Crippen LogP contribution < -0.4 is 0 Å². The number of aryl methyl sites for hydroxylation is 2. The van der Waals surface area contributed by atoms with Crippen molar-refractivity contribution in [3.05, 3.63) is 40.4 Å². The number of hydrogen-bond acceptors (Lipinski definition) is 3. The van der Waals surface area contributed by atoms with Crippen LogP contribution in [0.4, 0.5) is 0 Å². The minimum atomic E-state index is -0.891. The first-order valence-corrected chi connectivity index (χ1v) is 6.88. The van der Waals surface area contributed by atoms with E-state index in [1.165, 1.54) is 23.4 Å². The number of aromatic nitrogens is 1. The lowest BCUT2D eigenvalue weighted by Crippen LogP contribution is -1.99. The van der Waals surface area contributed by atoms with Crippen LogP contribution in [-0.4, -0.2) is 16.1 Å². The van der Waals surface area contributed by atoms with E-state index < -0.39 is 5.97 Å². The Labute approximate surface area is 109 Å². The summed E-state index contributed by atoms with van der Waals surface area (Å²) in [6, 6.07) is 7.02.